The summed E-state index contributed by atoms with van der Waals surface area (Å²) in [5, 5.41) is 17.9. The molecule has 0 unspecified atom stereocenters. The van der Waals surface area contributed by atoms with E-state index < -0.39 is 0 Å². The van der Waals surface area contributed by atoms with Crippen LogP contribution >= 0.6 is 22.9 Å². The van der Waals surface area contributed by atoms with E-state index >= 15 is 0 Å². The molecule has 0 radical (unpaired) electrons. The lowest BCUT2D eigenvalue weighted by molar-refractivity contribution is 0.325. The third-order valence-corrected chi connectivity index (χ3v) is 4.86. The molecule has 0 N–H and O–H groups in total. The van der Waals surface area contributed by atoms with Crippen LogP contribution in [0.3, 0.4) is 0 Å². The number of fused-ring (bicyclic) bond motifs is 1. The third-order valence-electron chi connectivity index (χ3n) is 3.93. The molecule has 8 heteroatoms. The molecule has 0 amide bonds. The number of nitrogens with zero attached hydrogens (tertiary/aromatic N) is 5. The maximum Gasteiger partial charge on any atom is 0.186 e. The van der Waals surface area contributed by atoms with Gasteiger partial charge in [-0.2, -0.15) is 15.9 Å². The van der Waals surface area contributed by atoms with Crippen molar-refractivity contribution >= 4 is 34.4 Å². The van der Waals surface area contributed by atoms with Crippen molar-refractivity contribution in [1.29, 1.82) is 0 Å². The fraction of sp³-hybridized carbons (Fsp3) is 0.167. The summed E-state index contributed by atoms with van der Waals surface area (Å²) < 4.78 is 7.52. The number of ether oxygens (including phenoxy) is 1. The molecule has 0 saturated heterocycles. The first-order valence-electron chi connectivity index (χ1n) is 8.05. The van der Waals surface area contributed by atoms with Crippen LogP contribution in [-0.4, -0.2) is 40.0 Å². The summed E-state index contributed by atoms with van der Waals surface area (Å²) in [5.41, 5.74) is 1.74. The van der Waals surface area contributed by atoms with E-state index in [1.54, 1.807) is 15.9 Å². The molecule has 0 saturated carbocycles. The van der Waals surface area contributed by atoms with Gasteiger partial charge < -0.3 is 9.64 Å². The maximum absolute atomic E-state index is 5.88. The zero-order valence-electron chi connectivity index (χ0n) is 14.0. The van der Waals surface area contributed by atoms with Crippen LogP contribution in [0.4, 0.5) is 5.82 Å². The lowest BCUT2D eigenvalue weighted by Gasteiger charge is -2.18. The molecule has 6 nitrogen and oxygen atoms in total. The Bertz CT molecular complexity index is 1000. The summed E-state index contributed by atoms with van der Waals surface area (Å²) in [6, 6.07) is 13.2. The molecule has 0 bridgehead atoms. The van der Waals surface area contributed by atoms with Gasteiger partial charge in [-0.15, -0.1) is 15.3 Å². The van der Waals surface area contributed by atoms with Gasteiger partial charge in [-0.1, -0.05) is 11.6 Å². The second kappa shape index (κ2) is 7.31. The lowest BCUT2D eigenvalue weighted by atomic mass is 10.3. The molecule has 4 rings (SSSR count). The van der Waals surface area contributed by atoms with Gasteiger partial charge in [-0.25, -0.2) is 0 Å². The highest BCUT2D eigenvalue weighted by Gasteiger charge is 2.12. The zero-order valence-corrected chi connectivity index (χ0v) is 15.6. The summed E-state index contributed by atoms with van der Waals surface area (Å²) in [7, 11) is 1.98. The van der Waals surface area contributed by atoms with Crippen molar-refractivity contribution in [2.45, 2.75) is 0 Å². The van der Waals surface area contributed by atoms with Crippen LogP contribution in [0.1, 0.15) is 0 Å². The normalized spacial score (nSPS) is 11.0. The van der Waals surface area contributed by atoms with Gasteiger partial charge in [0, 0.05) is 23.0 Å². The fourth-order valence-corrected chi connectivity index (χ4v) is 3.26. The molecule has 0 spiro atoms. The molecule has 4 aromatic rings. The average molecular weight is 386 g/mol. The smallest absolute Gasteiger partial charge is 0.186 e. The van der Waals surface area contributed by atoms with Crippen molar-refractivity contribution in [3.63, 3.8) is 0 Å². The highest BCUT2D eigenvalue weighted by Crippen LogP contribution is 2.21. The molecule has 0 aliphatic carbocycles. The van der Waals surface area contributed by atoms with Gasteiger partial charge in [-0.05, 0) is 47.8 Å². The molecule has 3 aromatic heterocycles. The standard InChI is InChI=1S/C18H16ClN5OS/c1-23(9-10-25-15-4-2-14(19)3-5-15)17-7-6-16-20-21-18(24(16)22-17)13-8-11-26-12-13/h2-8,11-12H,9-10H2,1H3. The van der Waals surface area contributed by atoms with E-state index in [4.69, 9.17) is 16.3 Å². The monoisotopic (exact) mass is 385 g/mol. The third kappa shape index (κ3) is 3.49. The minimum Gasteiger partial charge on any atom is -0.492 e. The fourth-order valence-electron chi connectivity index (χ4n) is 2.50. The van der Waals surface area contributed by atoms with E-state index in [0.717, 1.165) is 28.6 Å². The Morgan fingerprint density at radius 3 is 2.73 bits per heavy atom. The first-order chi connectivity index (χ1) is 12.7. The summed E-state index contributed by atoms with van der Waals surface area (Å²) in [6.45, 7) is 1.23. The zero-order chi connectivity index (χ0) is 17.9. The summed E-state index contributed by atoms with van der Waals surface area (Å²) >= 11 is 7.50. The van der Waals surface area contributed by atoms with E-state index in [9.17, 15) is 0 Å². The molecule has 0 fully saturated rings. The Balaban J connectivity index is 1.47. The van der Waals surface area contributed by atoms with Gasteiger partial charge in [0.15, 0.2) is 11.5 Å². The van der Waals surface area contributed by atoms with Crippen LogP contribution in [0.15, 0.2) is 53.2 Å². The first-order valence-corrected chi connectivity index (χ1v) is 9.37. The van der Waals surface area contributed by atoms with Gasteiger partial charge in [0.05, 0.1) is 6.54 Å². The van der Waals surface area contributed by atoms with Crippen molar-refractivity contribution in [1.82, 2.24) is 19.8 Å². The Morgan fingerprint density at radius 2 is 1.96 bits per heavy atom. The molecule has 132 valence electrons. The average Bonchev–Trinajstić information content (AvgIpc) is 3.31. The van der Waals surface area contributed by atoms with E-state index in [1.165, 1.54) is 0 Å². The predicted molar refractivity (Wildman–Crippen MR) is 104 cm³/mol. The van der Waals surface area contributed by atoms with Crippen LogP contribution in [0, 0.1) is 0 Å². The number of hydrogen-bond donors (Lipinski definition) is 0. The van der Waals surface area contributed by atoms with Gasteiger partial charge in [0.1, 0.15) is 18.2 Å². The van der Waals surface area contributed by atoms with Crippen LogP contribution in [0.25, 0.3) is 17.0 Å². The van der Waals surface area contributed by atoms with E-state index in [-0.39, 0.29) is 0 Å². The van der Waals surface area contributed by atoms with Gasteiger partial charge in [0.2, 0.25) is 0 Å². The van der Waals surface area contributed by atoms with E-state index in [1.807, 2.05) is 65.2 Å². The molecular weight excluding hydrogens is 370 g/mol. The number of thiophene rings is 1. The second-order valence-corrected chi connectivity index (χ2v) is 6.94. The first kappa shape index (κ1) is 16.8. The summed E-state index contributed by atoms with van der Waals surface area (Å²) in [4.78, 5) is 2.03. The molecular formula is C18H16ClN5OS. The van der Waals surface area contributed by atoms with Crippen LogP contribution in [0.5, 0.6) is 5.75 Å². The van der Waals surface area contributed by atoms with E-state index in [2.05, 4.69) is 15.3 Å². The second-order valence-electron chi connectivity index (χ2n) is 5.72. The number of aromatic nitrogens is 4. The Labute approximate surface area is 159 Å². The topological polar surface area (TPSA) is 55.5 Å². The Hall–Kier alpha value is -2.64. The SMILES string of the molecule is CN(CCOc1ccc(Cl)cc1)c1ccc2nnc(-c3ccsc3)n2n1. The van der Waals surface area contributed by atoms with Crippen LogP contribution < -0.4 is 9.64 Å². The highest BCUT2D eigenvalue weighted by atomic mass is 35.5. The predicted octanol–water partition coefficient (Wildman–Crippen LogP) is 4.02. The molecule has 0 atom stereocenters. The molecule has 3 heterocycles. The van der Waals surface area contributed by atoms with E-state index in [0.29, 0.717) is 18.2 Å². The van der Waals surface area contributed by atoms with Crippen molar-refractivity contribution < 1.29 is 4.74 Å². The van der Waals surface area contributed by atoms with Crippen molar-refractivity contribution in [3.05, 3.63) is 58.2 Å². The molecule has 0 aliphatic rings. The maximum atomic E-state index is 5.88. The number of hydrogen-bond acceptors (Lipinski definition) is 6. The minimum atomic E-state index is 0.539. The van der Waals surface area contributed by atoms with Gasteiger partial charge in [0.25, 0.3) is 0 Å². The Morgan fingerprint density at radius 1 is 1.12 bits per heavy atom. The van der Waals surface area contributed by atoms with Crippen molar-refractivity contribution in [3.8, 4) is 17.1 Å². The number of likely N-dealkylation sites (N-methyl/N-ethyl adjacent to an activating group) is 1. The Kier molecular flexibility index (Phi) is 4.73. The molecule has 0 aliphatic heterocycles. The number of rotatable bonds is 6. The quantitative estimate of drug-likeness (QED) is 0.501. The minimum absolute atomic E-state index is 0.539. The van der Waals surface area contributed by atoms with Crippen molar-refractivity contribution in [2.24, 2.45) is 0 Å². The molecule has 26 heavy (non-hydrogen) atoms. The lowest BCUT2D eigenvalue weighted by Crippen LogP contribution is -2.25. The number of benzene rings is 1. The summed E-state index contributed by atoms with van der Waals surface area (Å²) in [6.07, 6.45) is 0. The van der Waals surface area contributed by atoms with Crippen molar-refractivity contribution in [2.75, 3.05) is 25.1 Å². The number of anilines is 1. The van der Waals surface area contributed by atoms with Gasteiger partial charge in [-0.3, -0.25) is 0 Å². The largest absolute Gasteiger partial charge is 0.492 e. The highest BCUT2D eigenvalue weighted by molar-refractivity contribution is 7.08. The molecule has 1 aromatic carbocycles. The summed E-state index contributed by atoms with van der Waals surface area (Å²) in [5.74, 6) is 2.37. The van der Waals surface area contributed by atoms with Crippen LogP contribution in [0.2, 0.25) is 5.02 Å². The number of halogens is 1. The van der Waals surface area contributed by atoms with Crippen LogP contribution in [-0.2, 0) is 0 Å². The van der Waals surface area contributed by atoms with Gasteiger partial charge >= 0.3 is 0 Å².